The van der Waals surface area contributed by atoms with Crippen molar-refractivity contribution in [3.63, 3.8) is 0 Å². The third-order valence-corrected chi connectivity index (χ3v) is 1.85. The summed E-state index contributed by atoms with van der Waals surface area (Å²) in [7, 11) is 4.05. The maximum Gasteiger partial charge on any atom is 0.0296 e. The van der Waals surface area contributed by atoms with Crippen LogP contribution in [-0.2, 0) is 0 Å². The van der Waals surface area contributed by atoms with E-state index < -0.39 is 0 Å². The molecule has 0 atom stereocenters. The average molecular weight is 156 g/mol. The van der Waals surface area contributed by atoms with E-state index in [1.165, 1.54) is 5.70 Å². The maximum absolute atomic E-state index is 4.01. The van der Waals surface area contributed by atoms with E-state index in [1.807, 2.05) is 7.05 Å². The molecule has 11 heavy (non-hydrogen) atoms. The van der Waals surface area contributed by atoms with E-state index in [0.717, 1.165) is 13.1 Å². The molecule has 0 unspecified atom stereocenters. The van der Waals surface area contributed by atoms with Crippen LogP contribution in [0.15, 0.2) is 12.3 Å². The zero-order chi connectivity index (χ0) is 8.85. The molecule has 2 nitrogen and oxygen atoms in total. The third-order valence-electron chi connectivity index (χ3n) is 1.85. The number of hydrogen-bond donors (Lipinski definition) is 1. The average Bonchev–Trinajstić information content (AvgIpc) is 1.98. The van der Waals surface area contributed by atoms with Crippen LogP contribution >= 0.6 is 0 Å². The molecule has 0 aromatic heterocycles. The summed E-state index contributed by atoms with van der Waals surface area (Å²) in [5, 5.41) is 3.11. The second kappa shape index (κ2) is 5.19. The zero-order valence-corrected chi connectivity index (χ0v) is 8.15. The Labute approximate surface area is 70.3 Å². The molecule has 0 aliphatic carbocycles. The van der Waals surface area contributed by atoms with Gasteiger partial charge in [0, 0.05) is 25.8 Å². The van der Waals surface area contributed by atoms with Gasteiger partial charge in [0.2, 0.25) is 0 Å². The number of hydrogen-bond acceptors (Lipinski definition) is 2. The van der Waals surface area contributed by atoms with Crippen molar-refractivity contribution < 1.29 is 0 Å². The van der Waals surface area contributed by atoms with E-state index in [2.05, 4.69) is 37.7 Å². The maximum atomic E-state index is 4.01. The predicted molar refractivity (Wildman–Crippen MR) is 50.5 cm³/mol. The smallest absolute Gasteiger partial charge is 0.0296 e. The molecule has 0 heterocycles. The summed E-state index contributed by atoms with van der Waals surface area (Å²) in [6.45, 7) is 10.4. The van der Waals surface area contributed by atoms with Crippen molar-refractivity contribution >= 4 is 0 Å². The standard InChI is InChI=1S/C9H20N2/c1-8(2)9(3)11(5)7-6-10-4/h8,10H,3,6-7H2,1-2,4-5H3. The quantitative estimate of drug-likeness (QED) is 0.645. The minimum absolute atomic E-state index is 0.553. The molecule has 66 valence electrons. The predicted octanol–water partition coefficient (Wildman–Crippen LogP) is 1.31. The Morgan fingerprint density at radius 3 is 2.45 bits per heavy atom. The molecule has 0 radical (unpaired) electrons. The van der Waals surface area contributed by atoms with E-state index in [1.54, 1.807) is 0 Å². The summed E-state index contributed by atoms with van der Waals surface area (Å²) in [5.41, 5.74) is 1.21. The van der Waals surface area contributed by atoms with Gasteiger partial charge in [0.15, 0.2) is 0 Å². The van der Waals surface area contributed by atoms with Crippen molar-refractivity contribution in [3.05, 3.63) is 12.3 Å². The second-order valence-corrected chi connectivity index (χ2v) is 3.17. The molecule has 1 N–H and O–H groups in total. The van der Waals surface area contributed by atoms with Gasteiger partial charge in [-0.25, -0.2) is 0 Å². The summed E-state index contributed by atoms with van der Waals surface area (Å²) < 4.78 is 0. The van der Waals surface area contributed by atoms with Crippen LogP contribution in [0.5, 0.6) is 0 Å². The van der Waals surface area contributed by atoms with Crippen molar-refractivity contribution in [1.82, 2.24) is 10.2 Å². The highest BCUT2D eigenvalue weighted by molar-refractivity contribution is 4.95. The van der Waals surface area contributed by atoms with Crippen LogP contribution in [0.3, 0.4) is 0 Å². The lowest BCUT2D eigenvalue weighted by atomic mass is 10.1. The van der Waals surface area contributed by atoms with Gasteiger partial charge in [-0.1, -0.05) is 20.4 Å². The Kier molecular flexibility index (Phi) is 4.95. The highest BCUT2D eigenvalue weighted by Crippen LogP contribution is 2.09. The van der Waals surface area contributed by atoms with E-state index >= 15 is 0 Å². The van der Waals surface area contributed by atoms with Crippen molar-refractivity contribution in [3.8, 4) is 0 Å². The minimum atomic E-state index is 0.553. The fourth-order valence-corrected chi connectivity index (χ4v) is 0.864. The lowest BCUT2D eigenvalue weighted by Gasteiger charge is -2.24. The molecule has 0 aromatic carbocycles. The number of allylic oxidation sites excluding steroid dienone is 1. The van der Waals surface area contributed by atoms with Crippen LogP contribution in [0.2, 0.25) is 0 Å². The molecular weight excluding hydrogens is 136 g/mol. The molecule has 0 bridgehead atoms. The van der Waals surface area contributed by atoms with Crippen LogP contribution < -0.4 is 5.32 Å². The summed E-state index contributed by atoms with van der Waals surface area (Å²) in [6, 6.07) is 0. The van der Waals surface area contributed by atoms with E-state index in [-0.39, 0.29) is 0 Å². The summed E-state index contributed by atoms with van der Waals surface area (Å²) in [6.07, 6.45) is 0. The van der Waals surface area contributed by atoms with Crippen molar-refractivity contribution in [2.45, 2.75) is 13.8 Å². The Morgan fingerprint density at radius 2 is 2.09 bits per heavy atom. The van der Waals surface area contributed by atoms with Crippen LogP contribution in [-0.4, -0.2) is 32.1 Å². The van der Waals surface area contributed by atoms with Crippen LogP contribution in [0, 0.1) is 5.92 Å². The highest BCUT2D eigenvalue weighted by Gasteiger charge is 2.04. The summed E-state index contributed by atoms with van der Waals surface area (Å²) in [4.78, 5) is 2.20. The monoisotopic (exact) mass is 156 g/mol. The molecular formula is C9H20N2. The molecule has 0 amide bonds. The number of nitrogens with one attached hydrogen (secondary N) is 1. The molecule has 0 aliphatic rings. The molecule has 0 aliphatic heterocycles. The lowest BCUT2D eigenvalue weighted by Crippen LogP contribution is -2.28. The second-order valence-electron chi connectivity index (χ2n) is 3.17. The number of nitrogens with zero attached hydrogens (tertiary/aromatic N) is 1. The minimum Gasteiger partial charge on any atom is -0.377 e. The lowest BCUT2D eigenvalue weighted by molar-refractivity contribution is 0.376. The first-order valence-electron chi connectivity index (χ1n) is 4.14. The van der Waals surface area contributed by atoms with Gasteiger partial charge >= 0.3 is 0 Å². The first-order chi connectivity index (χ1) is 5.09. The largest absolute Gasteiger partial charge is 0.377 e. The van der Waals surface area contributed by atoms with Crippen molar-refractivity contribution in [2.75, 3.05) is 27.2 Å². The van der Waals surface area contributed by atoms with Crippen molar-refractivity contribution in [2.24, 2.45) is 5.92 Å². The SMILES string of the molecule is C=C(C(C)C)N(C)CCNC. The molecule has 0 rings (SSSR count). The molecule has 0 spiro atoms. The van der Waals surface area contributed by atoms with Gasteiger partial charge in [-0.3, -0.25) is 0 Å². The van der Waals surface area contributed by atoms with Gasteiger partial charge in [0.25, 0.3) is 0 Å². The van der Waals surface area contributed by atoms with Crippen LogP contribution in [0.25, 0.3) is 0 Å². The zero-order valence-electron chi connectivity index (χ0n) is 8.15. The van der Waals surface area contributed by atoms with Gasteiger partial charge < -0.3 is 10.2 Å². The topological polar surface area (TPSA) is 15.3 Å². The van der Waals surface area contributed by atoms with Gasteiger partial charge in [-0.15, -0.1) is 0 Å². The number of rotatable bonds is 5. The number of likely N-dealkylation sites (N-methyl/N-ethyl adjacent to an activating group) is 2. The molecule has 2 heteroatoms. The van der Waals surface area contributed by atoms with Gasteiger partial charge in [0.1, 0.15) is 0 Å². The van der Waals surface area contributed by atoms with E-state index in [0.29, 0.717) is 5.92 Å². The fourth-order valence-electron chi connectivity index (χ4n) is 0.864. The normalized spacial score (nSPS) is 10.3. The Bertz CT molecular complexity index is 119. The van der Waals surface area contributed by atoms with Crippen LogP contribution in [0.1, 0.15) is 13.8 Å². The summed E-state index contributed by atoms with van der Waals surface area (Å²) >= 11 is 0. The Balaban J connectivity index is 3.64. The van der Waals surface area contributed by atoms with Crippen LogP contribution in [0.4, 0.5) is 0 Å². The molecule has 0 saturated carbocycles. The fraction of sp³-hybridized carbons (Fsp3) is 0.778. The van der Waals surface area contributed by atoms with Gasteiger partial charge in [0.05, 0.1) is 0 Å². The van der Waals surface area contributed by atoms with Crippen molar-refractivity contribution in [1.29, 1.82) is 0 Å². The van der Waals surface area contributed by atoms with E-state index in [9.17, 15) is 0 Å². The van der Waals surface area contributed by atoms with E-state index in [4.69, 9.17) is 0 Å². The third kappa shape index (κ3) is 4.04. The first-order valence-corrected chi connectivity index (χ1v) is 4.14. The molecule has 0 saturated heterocycles. The first kappa shape index (κ1) is 10.5. The van der Waals surface area contributed by atoms with Gasteiger partial charge in [-0.05, 0) is 13.0 Å². The highest BCUT2D eigenvalue weighted by atomic mass is 15.1. The molecule has 0 aromatic rings. The molecule has 0 fully saturated rings. The Morgan fingerprint density at radius 1 is 1.55 bits per heavy atom. The van der Waals surface area contributed by atoms with Gasteiger partial charge in [-0.2, -0.15) is 0 Å². The Hall–Kier alpha value is -0.500. The summed E-state index contributed by atoms with van der Waals surface area (Å²) in [5.74, 6) is 0.553.